The SMILES string of the molecule is CNC(c1cc2ccccc2o1)C1CC1(C)C. The van der Waals surface area contributed by atoms with Crippen LogP contribution in [-0.2, 0) is 0 Å². The number of furan rings is 1. The van der Waals surface area contributed by atoms with E-state index in [0.717, 1.165) is 11.3 Å². The zero-order valence-electron chi connectivity index (χ0n) is 10.7. The molecule has 0 saturated heterocycles. The molecular weight excluding hydrogens is 210 g/mol. The van der Waals surface area contributed by atoms with Gasteiger partial charge in [-0.15, -0.1) is 0 Å². The van der Waals surface area contributed by atoms with Crippen molar-refractivity contribution in [2.24, 2.45) is 11.3 Å². The van der Waals surface area contributed by atoms with E-state index in [1.165, 1.54) is 11.8 Å². The van der Waals surface area contributed by atoms with E-state index in [1.807, 2.05) is 19.2 Å². The molecule has 1 saturated carbocycles. The smallest absolute Gasteiger partial charge is 0.134 e. The monoisotopic (exact) mass is 229 g/mol. The lowest BCUT2D eigenvalue weighted by Crippen LogP contribution is -2.19. The second kappa shape index (κ2) is 3.61. The Bertz CT molecular complexity index is 508. The van der Waals surface area contributed by atoms with Gasteiger partial charge in [-0.25, -0.2) is 0 Å². The molecule has 1 heterocycles. The topological polar surface area (TPSA) is 25.2 Å². The van der Waals surface area contributed by atoms with Gasteiger partial charge < -0.3 is 9.73 Å². The summed E-state index contributed by atoms with van der Waals surface area (Å²) < 4.78 is 5.95. The summed E-state index contributed by atoms with van der Waals surface area (Å²) in [5.74, 6) is 1.76. The first-order chi connectivity index (χ1) is 8.12. The van der Waals surface area contributed by atoms with Crippen LogP contribution in [0.3, 0.4) is 0 Å². The van der Waals surface area contributed by atoms with Crippen LogP contribution in [0.15, 0.2) is 34.7 Å². The van der Waals surface area contributed by atoms with Crippen LogP contribution in [-0.4, -0.2) is 7.05 Å². The molecule has 1 aromatic heterocycles. The highest BCUT2D eigenvalue weighted by molar-refractivity contribution is 5.77. The fourth-order valence-corrected chi connectivity index (χ4v) is 2.77. The van der Waals surface area contributed by atoms with Gasteiger partial charge in [-0.1, -0.05) is 32.0 Å². The molecule has 1 aliphatic rings. The van der Waals surface area contributed by atoms with E-state index in [0.29, 0.717) is 17.4 Å². The minimum atomic E-state index is 0.345. The molecule has 90 valence electrons. The zero-order valence-corrected chi connectivity index (χ0v) is 10.7. The molecule has 3 rings (SSSR count). The molecule has 0 spiro atoms. The van der Waals surface area contributed by atoms with E-state index in [1.54, 1.807) is 0 Å². The van der Waals surface area contributed by atoms with Crippen LogP contribution in [0.5, 0.6) is 0 Å². The van der Waals surface area contributed by atoms with Crippen molar-refractivity contribution in [3.05, 3.63) is 36.1 Å². The van der Waals surface area contributed by atoms with Gasteiger partial charge in [0.05, 0.1) is 6.04 Å². The van der Waals surface area contributed by atoms with Crippen LogP contribution >= 0.6 is 0 Å². The lowest BCUT2D eigenvalue weighted by molar-refractivity contribution is 0.377. The summed E-state index contributed by atoms with van der Waals surface area (Å²) in [4.78, 5) is 0. The lowest BCUT2D eigenvalue weighted by Gasteiger charge is -2.15. The van der Waals surface area contributed by atoms with Crippen molar-refractivity contribution in [3.8, 4) is 0 Å². The van der Waals surface area contributed by atoms with Crippen molar-refractivity contribution >= 4 is 11.0 Å². The number of hydrogen-bond acceptors (Lipinski definition) is 2. The zero-order chi connectivity index (χ0) is 12.0. The van der Waals surface area contributed by atoms with Crippen molar-refractivity contribution in [2.75, 3.05) is 7.05 Å². The summed E-state index contributed by atoms with van der Waals surface area (Å²) in [6.07, 6.45) is 1.27. The fourth-order valence-electron chi connectivity index (χ4n) is 2.77. The third-order valence-electron chi connectivity index (χ3n) is 4.05. The Balaban J connectivity index is 1.96. The van der Waals surface area contributed by atoms with Crippen LogP contribution in [0.2, 0.25) is 0 Å². The highest BCUT2D eigenvalue weighted by atomic mass is 16.3. The van der Waals surface area contributed by atoms with Crippen LogP contribution in [0.4, 0.5) is 0 Å². The quantitative estimate of drug-likeness (QED) is 0.867. The highest BCUT2D eigenvalue weighted by Crippen LogP contribution is 2.57. The Hall–Kier alpha value is -1.28. The average molecular weight is 229 g/mol. The van der Waals surface area contributed by atoms with Gasteiger partial charge in [0, 0.05) is 5.39 Å². The number of rotatable bonds is 3. The van der Waals surface area contributed by atoms with E-state index < -0.39 is 0 Å². The van der Waals surface area contributed by atoms with Gasteiger partial charge >= 0.3 is 0 Å². The molecule has 0 radical (unpaired) electrons. The van der Waals surface area contributed by atoms with Crippen molar-refractivity contribution in [2.45, 2.75) is 26.3 Å². The van der Waals surface area contributed by atoms with Gasteiger partial charge in [-0.3, -0.25) is 0 Å². The van der Waals surface area contributed by atoms with Crippen LogP contribution < -0.4 is 5.32 Å². The summed E-state index contributed by atoms with van der Waals surface area (Å²) in [6.45, 7) is 4.65. The lowest BCUT2D eigenvalue weighted by atomic mass is 10.0. The molecule has 1 aromatic carbocycles. The standard InChI is InChI=1S/C15H19NO/c1-15(2)9-11(15)14(16-3)13-8-10-6-4-5-7-12(10)17-13/h4-8,11,14,16H,9H2,1-3H3. The minimum absolute atomic E-state index is 0.345. The van der Waals surface area contributed by atoms with E-state index in [9.17, 15) is 0 Å². The third kappa shape index (κ3) is 1.77. The maximum atomic E-state index is 5.95. The number of hydrogen-bond donors (Lipinski definition) is 1. The third-order valence-corrected chi connectivity index (χ3v) is 4.05. The summed E-state index contributed by atoms with van der Waals surface area (Å²) in [5.41, 5.74) is 1.44. The predicted molar refractivity (Wildman–Crippen MR) is 69.9 cm³/mol. The molecule has 1 fully saturated rings. The van der Waals surface area contributed by atoms with Crippen LogP contribution in [0.1, 0.15) is 32.1 Å². The van der Waals surface area contributed by atoms with Crippen molar-refractivity contribution in [3.63, 3.8) is 0 Å². The van der Waals surface area contributed by atoms with Crippen molar-refractivity contribution < 1.29 is 4.42 Å². The van der Waals surface area contributed by atoms with Gasteiger partial charge in [0.1, 0.15) is 11.3 Å². The molecule has 1 aliphatic carbocycles. The fraction of sp³-hybridized carbons (Fsp3) is 0.467. The molecule has 2 heteroatoms. The van der Waals surface area contributed by atoms with E-state index in [4.69, 9.17) is 4.42 Å². The maximum Gasteiger partial charge on any atom is 0.134 e. The first-order valence-electron chi connectivity index (χ1n) is 6.27. The summed E-state index contributed by atoms with van der Waals surface area (Å²) in [5, 5.41) is 4.60. The number of nitrogens with one attached hydrogen (secondary N) is 1. The second-order valence-electron chi connectivity index (χ2n) is 5.75. The summed E-state index contributed by atoms with van der Waals surface area (Å²) >= 11 is 0. The summed E-state index contributed by atoms with van der Waals surface area (Å²) in [6, 6.07) is 10.7. The molecule has 0 amide bonds. The number of fused-ring (bicyclic) bond motifs is 1. The van der Waals surface area contributed by atoms with Crippen molar-refractivity contribution in [1.82, 2.24) is 5.32 Å². The van der Waals surface area contributed by atoms with Crippen molar-refractivity contribution in [1.29, 1.82) is 0 Å². The van der Waals surface area contributed by atoms with Gasteiger partial charge in [0.25, 0.3) is 0 Å². The Morgan fingerprint density at radius 1 is 1.35 bits per heavy atom. The van der Waals surface area contributed by atoms with Gasteiger partial charge in [-0.05, 0) is 36.9 Å². The summed E-state index contributed by atoms with van der Waals surface area (Å²) in [7, 11) is 2.02. The van der Waals surface area contributed by atoms with E-state index in [-0.39, 0.29) is 0 Å². The van der Waals surface area contributed by atoms with Gasteiger partial charge in [0.2, 0.25) is 0 Å². The Kier molecular flexibility index (Phi) is 2.30. The maximum absolute atomic E-state index is 5.95. The first-order valence-corrected chi connectivity index (χ1v) is 6.27. The number of para-hydroxylation sites is 1. The predicted octanol–water partition coefficient (Wildman–Crippen LogP) is 3.74. The van der Waals surface area contributed by atoms with E-state index in [2.05, 4.69) is 37.4 Å². The first kappa shape index (κ1) is 10.8. The second-order valence-corrected chi connectivity index (χ2v) is 5.75. The van der Waals surface area contributed by atoms with Gasteiger partial charge in [0.15, 0.2) is 0 Å². The Labute approximate surface area is 102 Å². The average Bonchev–Trinajstić information content (AvgIpc) is 2.76. The number of benzene rings is 1. The largest absolute Gasteiger partial charge is 0.459 e. The van der Waals surface area contributed by atoms with Gasteiger partial charge in [-0.2, -0.15) is 0 Å². The van der Waals surface area contributed by atoms with E-state index >= 15 is 0 Å². The Morgan fingerprint density at radius 3 is 2.65 bits per heavy atom. The Morgan fingerprint density at radius 2 is 2.06 bits per heavy atom. The van der Waals surface area contributed by atoms with Crippen LogP contribution in [0.25, 0.3) is 11.0 Å². The molecule has 2 nitrogen and oxygen atoms in total. The molecule has 17 heavy (non-hydrogen) atoms. The molecular formula is C15H19NO. The van der Waals surface area contributed by atoms with Crippen LogP contribution in [0, 0.1) is 11.3 Å². The molecule has 0 bridgehead atoms. The normalized spacial score (nSPS) is 23.8. The molecule has 0 aliphatic heterocycles. The minimum Gasteiger partial charge on any atom is -0.459 e. The molecule has 2 aromatic rings. The molecule has 1 N–H and O–H groups in total. The highest BCUT2D eigenvalue weighted by Gasteiger charge is 2.51. The molecule has 2 atom stereocenters. The molecule has 2 unspecified atom stereocenters.